The standard InChI is InChI=1S/C23H31N3O11S/c27-15-17-13-16(10-11-18(17)26(32)33)22(30)24-12-8-6-4-2-1-3-5-7-9-21(29)37-25-20(28)14-19(23(25)31)38(34,35)36/h10-11,13,19,27H,1-9,12,14-15H2,(H,24,30)(H,34,35,36). The molecular weight excluding hydrogens is 526 g/mol. The van der Waals surface area contributed by atoms with Gasteiger partial charge in [-0.25, -0.2) is 4.79 Å². The number of benzene rings is 1. The van der Waals surface area contributed by atoms with Crippen molar-refractivity contribution in [2.45, 2.75) is 76.1 Å². The zero-order valence-electron chi connectivity index (χ0n) is 20.7. The Bertz CT molecular complexity index is 1150. The van der Waals surface area contributed by atoms with Crippen LogP contribution in [-0.2, 0) is 35.9 Å². The van der Waals surface area contributed by atoms with Crippen LogP contribution in [-0.4, -0.2) is 63.5 Å². The number of imide groups is 1. The zero-order chi connectivity index (χ0) is 28.3. The Morgan fingerprint density at radius 1 is 1.08 bits per heavy atom. The molecular formula is C23H31N3O11S. The lowest BCUT2D eigenvalue weighted by Crippen LogP contribution is -2.36. The van der Waals surface area contributed by atoms with E-state index in [1.807, 2.05) is 0 Å². The zero-order valence-corrected chi connectivity index (χ0v) is 21.5. The van der Waals surface area contributed by atoms with E-state index in [1.165, 1.54) is 18.2 Å². The van der Waals surface area contributed by atoms with Crippen LogP contribution in [0.3, 0.4) is 0 Å². The molecule has 1 aliphatic heterocycles. The second-order valence-electron chi connectivity index (χ2n) is 8.79. The molecule has 1 heterocycles. The summed E-state index contributed by atoms with van der Waals surface area (Å²) in [4.78, 5) is 62.5. The van der Waals surface area contributed by atoms with E-state index >= 15 is 0 Å². The molecule has 210 valence electrons. The van der Waals surface area contributed by atoms with Crippen LogP contribution in [0.15, 0.2) is 18.2 Å². The van der Waals surface area contributed by atoms with E-state index in [1.54, 1.807) is 0 Å². The molecule has 1 atom stereocenters. The van der Waals surface area contributed by atoms with Gasteiger partial charge in [-0.05, 0) is 25.0 Å². The Kier molecular flexibility index (Phi) is 11.7. The summed E-state index contributed by atoms with van der Waals surface area (Å²) in [6, 6.07) is 3.84. The van der Waals surface area contributed by atoms with E-state index in [9.17, 15) is 42.8 Å². The molecule has 0 spiro atoms. The van der Waals surface area contributed by atoms with Crippen LogP contribution >= 0.6 is 0 Å². The van der Waals surface area contributed by atoms with Crippen LogP contribution in [0.5, 0.6) is 0 Å². The van der Waals surface area contributed by atoms with Gasteiger partial charge in [-0.2, -0.15) is 8.42 Å². The average molecular weight is 558 g/mol. The van der Waals surface area contributed by atoms with Crippen LogP contribution in [0, 0.1) is 10.1 Å². The number of amides is 3. The van der Waals surface area contributed by atoms with E-state index in [0.717, 1.165) is 38.5 Å². The van der Waals surface area contributed by atoms with Crippen LogP contribution in [0.25, 0.3) is 0 Å². The van der Waals surface area contributed by atoms with Crippen molar-refractivity contribution in [2.75, 3.05) is 6.54 Å². The number of hydroxylamine groups is 2. The summed E-state index contributed by atoms with van der Waals surface area (Å²) >= 11 is 0. The molecule has 2 rings (SSSR count). The maximum absolute atomic E-state index is 12.2. The summed E-state index contributed by atoms with van der Waals surface area (Å²) in [5.41, 5.74) is 0.0742. The Balaban J connectivity index is 1.51. The minimum atomic E-state index is -4.76. The van der Waals surface area contributed by atoms with Crippen molar-refractivity contribution in [3.63, 3.8) is 0 Å². The number of carbonyl (C=O) groups is 4. The van der Waals surface area contributed by atoms with Crippen molar-refractivity contribution in [3.8, 4) is 0 Å². The number of hydrogen-bond acceptors (Lipinski definition) is 10. The van der Waals surface area contributed by atoms with E-state index < -0.39 is 51.1 Å². The molecule has 14 nitrogen and oxygen atoms in total. The Hall–Kier alpha value is -3.43. The number of unbranched alkanes of at least 4 members (excludes halogenated alkanes) is 7. The number of rotatable bonds is 16. The molecule has 3 amide bonds. The van der Waals surface area contributed by atoms with Gasteiger partial charge in [0.25, 0.3) is 33.5 Å². The van der Waals surface area contributed by atoms with Crippen molar-refractivity contribution < 1.29 is 47.0 Å². The van der Waals surface area contributed by atoms with Gasteiger partial charge in [0.15, 0.2) is 5.25 Å². The highest BCUT2D eigenvalue weighted by molar-refractivity contribution is 7.87. The van der Waals surface area contributed by atoms with Gasteiger partial charge < -0.3 is 15.3 Å². The first kappa shape index (κ1) is 30.8. The molecule has 1 unspecified atom stereocenters. The third-order valence-electron chi connectivity index (χ3n) is 5.92. The topological polar surface area (TPSA) is 211 Å². The predicted octanol–water partition coefficient (Wildman–Crippen LogP) is 1.80. The molecule has 1 aromatic rings. The van der Waals surface area contributed by atoms with Crippen molar-refractivity contribution in [1.29, 1.82) is 0 Å². The van der Waals surface area contributed by atoms with Gasteiger partial charge in [0, 0.05) is 24.6 Å². The molecule has 1 fully saturated rings. The number of hydrogen-bond donors (Lipinski definition) is 3. The summed E-state index contributed by atoms with van der Waals surface area (Å²) in [6.45, 7) is -0.0956. The molecule has 0 aromatic heterocycles. The summed E-state index contributed by atoms with van der Waals surface area (Å²) < 4.78 is 31.1. The maximum Gasteiger partial charge on any atom is 0.333 e. The molecule has 0 bridgehead atoms. The Morgan fingerprint density at radius 3 is 2.24 bits per heavy atom. The summed E-state index contributed by atoms with van der Waals surface area (Å²) in [7, 11) is -4.76. The number of carbonyl (C=O) groups excluding carboxylic acids is 4. The first-order valence-corrected chi connectivity index (χ1v) is 13.7. The fraction of sp³-hybridized carbons (Fsp3) is 0.565. The summed E-state index contributed by atoms with van der Waals surface area (Å²) in [5.74, 6) is -3.50. The quantitative estimate of drug-likeness (QED) is 0.0876. The second kappa shape index (κ2) is 14.5. The normalized spacial score (nSPS) is 15.5. The minimum Gasteiger partial charge on any atom is -0.391 e. The SMILES string of the molecule is O=C(CCCCCCCCCCNC(=O)c1ccc([N+](=O)[O-])c(CO)c1)ON1C(=O)CC(S(=O)(=O)O)C1=O. The van der Waals surface area contributed by atoms with Gasteiger partial charge in [0.05, 0.1) is 23.5 Å². The summed E-state index contributed by atoms with van der Waals surface area (Å²) in [6.07, 6.45) is 5.66. The highest BCUT2D eigenvalue weighted by atomic mass is 32.2. The van der Waals surface area contributed by atoms with Gasteiger partial charge in [-0.15, -0.1) is 5.06 Å². The van der Waals surface area contributed by atoms with Gasteiger partial charge in [-0.3, -0.25) is 29.1 Å². The second-order valence-corrected chi connectivity index (χ2v) is 10.4. The number of nitrogens with zero attached hydrogens (tertiary/aromatic N) is 2. The van der Waals surface area contributed by atoms with E-state index in [0.29, 0.717) is 19.4 Å². The van der Waals surface area contributed by atoms with Gasteiger partial charge >= 0.3 is 5.97 Å². The highest BCUT2D eigenvalue weighted by Gasteiger charge is 2.48. The lowest BCUT2D eigenvalue weighted by atomic mass is 10.1. The molecule has 0 aliphatic carbocycles. The average Bonchev–Trinajstić information content (AvgIpc) is 3.15. The maximum atomic E-state index is 12.2. The lowest BCUT2D eigenvalue weighted by molar-refractivity contribution is -0.385. The van der Waals surface area contributed by atoms with E-state index in [-0.39, 0.29) is 34.2 Å². The monoisotopic (exact) mass is 557 g/mol. The van der Waals surface area contributed by atoms with Crippen molar-refractivity contribution in [1.82, 2.24) is 10.4 Å². The van der Waals surface area contributed by atoms with Crippen molar-refractivity contribution in [3.05, 3.63) is 39.4 Å². The molecule has 1 saturated heterocycles. The third-order valence-corrected chi connectivity index (χ3v) is 7.00. The fourth-order valence-corrected chi connectivity index (χ4v) is 4.55. The number of nitro benzene ring substituents is 1. The number of nitrogens with one attached hydrogen (secondary N) is 1. The Labute approximate surface area is 219 Å². The van der Waals surface area contributed by atoms with Crippen molar-refractivity contribution in [2.24, 2.45) is 0 Å². The molecule has 15 heteroatoms. The molecule has 3 N–H and O–H groups in total. The van der Waals surface area contributed by atoms with Crippen LogP contribution < -0.4 is 5.32 Å². The van der Waals surface area contributed by atoms with Crippen molar-refractivity contribution >= 4 is 39.5 Å². The smallest absolute Gasteiger partial charge is 0.333 e. The highest BCUT2D eigenvalue weighted by Crippen LogP contribution is 2.21. The number of aliphatic hydroxyl groups is 1. The largest absolute Gasteiger partial charge is 0.391 e. The summed E-state index contributed by atoms with van der Waals surface area (Å²) in [5, 5.41) is 21.1. The number of nitro groups is 1. The van der Waals surface area contributed by atoms with Gasteiger partial charge in [0.1, 0.15) is 0 Å². The molecule has 0 radical (unpaired) electrons. The molecule has 0 saturated carbocycles. The molecule has 1 aliphatic rings. The number of aliphatic hydroxyl groups excluding tert-OH is 1. The minimum absolute atomic E-state index is 0.0537. The van der Waals surface area contributed by atoms with Crippen LogP contribution in [0.4, 0.5) is 5.69 Å². The lowest BCUT2D eigenvalue weighted by Gasteiger charge is -2.13. The van der Waals surface area contributed by atoms with Crippen LogP contribution in [0.1, 0.15) is 80.1 Å². The Morgan fingerprint density at radius 2 is 1.68 bits per heavy atom. The van der Waals surface area contributed by atoms with E-state index in [4.69, 9.17) is 4.55 Å². The molecule has 38 heavy (non-hydrogen) atoms. The predicted molar refractivity (Wildman–Crippen MR) is 131 cm³/mol. The van der Waals surface area contributed by atoms with Gasteiger partial charge in [-0.1, -0.05) is 38.5 Å². The fourth-order valence-electron chi connectivity index (χ4n) is 3.85. The first-order chi connectivity index (χ1) is 18.0. The van der Waals surface area contributed by atoms with E-state index in [2.05, 4.69) is 10.2 Å². The first-order valence-electron chi connectivity index (χ1n) is 12.2. The van der Waals surface area contributed by atoms with Gasteiger partial charge in [0.2, 0.25) is 0 Å². The third kappa shape index (κ3) is 9.15. The molecule has 1 aromatic carbocycles. The van der Waals surface area contributed by atoms with Crippen LogP contribution in [0.2, 0.25) is 0 Å².